The maximum Gasteiger partial charge on any atom is 0.419 e. The molecule has 8 heteroatoms. The van der Waals surface area contributed by atoms with Gasteiger partial charge in [-0.15, -0.1) is 0 Å². The Kier molecular flexibility index (Phi) is 5.48. The lowest BCUT2D eigenvalue weighted by atomic mass is 10.2. The lowest BCUT2D eigenvalue weighted by Gasteiger charge is -2.18. The van der Waals surface area contributed by atoms with Gasteiger partial charge in [-0.2, -0.15) is 13.2 Å². The fourth-order valence-electron chi connectivity index (χ4n) is 2.13. The number of hydrogen-bond donors (Lipinski definition) is 1. The van der Waals surface area contributed by atoms with Crippen molar-refractivity contribution in [1.82, 2.24) is 14.9 Å². The maximum absolute atomic E-state index is 12.9. The van der Waals surface area contributed by atoms with Crippen LogP contribution in [0.25, 0.3) is 0 Å². The molecule has 2 aromatic rings. The van der Waals surface area contributed by atoms with E-state index in [1.165, 1.54) is 25.1 Å². The van der Waals surface area contributed by atoms with Crippen LogP contribution in [-0.2, 0) is 24.4 Å². The number of nitrogens with zero attached hydrogens (tertiary/aromatic N) is 2. The zero-order valence-corrected chi connectivity index (χ0v) is 13.3. The zero-order valence-electron chi connectivity index (χ0n) is 13.3. The Morgan fingerprint density at radius 3 is 2.71 bits per heavy atom. The van der Waals surface area contributed by atoms with Gasteiger partial charge in [-0.05, 0) is 19.1 Å². The second kappa shape index (κ2) is 7.37. The highest BCUT2D eigenvalue weighted by atomic mass is 19.4. The Morgan fingerprint density at radius 2 is 2.08 bits per heavy atom. The van der Waals surface area contributed by atoms with Gasteiger partial charge in [0.2, 0.25) is 0 Å². The molecule has 0 fully saturated rings. The highest BCUT2D eigenvalue weighted by Gasteiger charge is 2.34. The minimum Gasteiger partial charge on any atom is -0.480 e. The molecule has 0 aliphatic heterocycles. The zero-order chi connectivity index (χ0) is 17.7. The first-order valence-corrected chi connectivity index (χ1v) is 7.36. The molecular formula is C16H18F3N3O2. The van der Waals surface area contributed by atoms with Crippen LogP contribution in [0.15, 0.2) is 36.7 Å². The topological polar surface area (TPSA) is 56.1 Å². The smallest absolute Gasteiger partial charge is 0.419 e. The van der Waals surface area contributed by atoms with E-state index in [0.717, 1.165) is 11.9 Å². The quantitative estimate of drug-likeness (QED) is 0.879. The Balaban J connectivity index is 1.91. The van der Waals surface area contributed by atoms with Crippen LogP contribution in [0.2, 0.25) is 0 Å². The third-order valence-corrected chi connectivity index (χ3v) is 3.43. The van der Waals surface area contributed by atoms with Gasteiger partial charge in [-0.1, -0.05) is 12.1 Å². The predicted octanol–water partition coefficient (Wildman–Crippen LogP) is 2.57. The number of aryl methyl sites for hydroxylation is 1. The minimum atomic E-state index is -4.54. The maximum atomic E-state index is 12.9. The number of benzene rings is 1. The monoisotopic (exact) mass is 341 g/mol. The molecule has 1 amide bonds. The van der Waals surface area contributed by atoms with Gasteiger partial charge in [0.1, 0.15) is 11.6 Å². The summed E-state index contributed by atoms with van der Waals surface area (Å²) in [6.45, 7) is 1.72. The summed E-state index contributed by atoms with van der Waals surface area (Å²) in [7, 11) is 1.84. The number of hydrogen-bond acceptors (Lipinski definition) is 3. The molecule has 5 nitrogen and oxygen atoms in total. The van der Waals surface area contributed by atoms with Crippen LogP contribution in [0.3, 0.4) is 0 Å². The minimum absolute atomic E-state index is 0.318. The van der Waals surface area contributed by atoms with Crippen molar-refractivity contribution in [2.75, 3.05) is 6.54 Å². The first-order chi connectivity index (χ1) is 11.3. The number of aromatic nitrogens is 2. The van der Waals surface area contributed by atoms with Gasteiger partial charge in [0, 0.05) is 32.4 Å². The van der Waals surface area contributed by atoms with Gasteiger partial charge >= 0.3 is 6.18 Å². The van der Waals surface area contributed by atoms with Crippen molar-refractivity contribution in [3.8, 4) is 5.75 Å². The molecule has 130 valence electrons. The number of rotatable bonds is 6. The second-order valence-electron chi connectivity index (χ2n) is 5.25. The summed E-state index contributed by atoms with van der Waals surface area (Å²) in [5.74, 6) is -0.0516. The van der Waals surface area contributed by atoms with Crippen molar-refractivity contribution in [1.29, 1.82) is 0 Å². The van der Waals surface area contributed by atoms with E-state index in [2.05, 4.69) is 10.3 Å². The van der Waals surface area contributed by atoms with Gasteiger partial charge in [0.25, 0.3) is 5.91 Å². The fourth-order valence-corrected chi connectivity index (χ4v) is 2.13. The summed E-state index contributed by atoms with van der Waals surface area (Å²) in [6, 6.07) is 4.81. The molecule has 1 unspecified atom stereocenters. The van der Waals surface area contributed by atoms with E-state index in [0.29, 0.717) is 13.0 Å². The molecule has 0 radical (unpaired) electrons. The third-order valence-electron chi connectivity index (χ3n) is 3.43. The molecule has 0 spiro atoms. The number of alkyl halides is 3. The lowest BCUT2D eigenvalue weighted by molar-refractivity contribution is -0.140. The predicted molar refractivity (Wildman–Crippen MR) is 81.5 cm³/mol. The van der Waals surface area contributed by atoms with Crippen molar-refractivity contribution < 1.29 is 22.7 Å². The highest BCUT2D eigenvalue weighted by molar-refractivity contribution is 5.80. The van der Waals surface area contributed by atoms with E-state index in [9.17, 15) is 18.0 Å². The molecule has 0 bridgehead atoms. The molecule has 0 aliphatic rings. The van der Waals surface area contributed by atoms with Crippen molar-refractivity contribution in [2.45, 2.75) is 25.6 Å². The van der Waals surface area contributed by atoms with Crippen molar-refractivity contribution in [3.63, 3.8) is 0 Å². The van der Waals surface area contributed by atoms with Crippen molar-refractivity contribution in [2.24, 2.45) is 7.05 Å². The first kappa shape index (κ1) is 17.8. The fraction of sp³-hybridized carbons (Fsp3) is 0.375. The van der Waals surface area contributed by atoms with Crippen LogP contribution in [0, 0.1) is 0 Å². The van der Waals surface area contributed by atoms with Crippen LogP contribution in [-0.4, -0.2) is 28.1 Å². The number of halogens is 3. The molecule has 1 heterocycles. The van der Waals surface area contributed by atoms with Gasteiger partial charge in [-0.3, -0.25) is 4.79 Å². The van der Waals surface area contributed by atoms with Gasteiger partial charge in [0.05, 0.1) is 5.56 Å². The number of imidazole rings is 1. The summed E-state index contributed by atoms with van der Waals surface area (Å²) >= 11 is 0. The van der Waals surface area contributed by atoms with Crippen LogP contribution in [0.1, 0.15) is 18.3 Å². The van der Waals surface area contributed by atoms with E-state index < -0.39 is 23.8 Å². The second-order valence-corrected chi connectivity index (χ2v) is 5.25. The molecule has 24 heavy (non-hydrogen) atoms. The van der Waals surface area contributed by atoms with E-state index in [4.69, 9.17) is 4.74 Å². The van der Waals surface area contributed by atoms with Crippen LogP contribution in [0.4, 0.5) is 13.2 Å². The number of amides is 1. The number of carbonyl (C=O) groups is 1. The number of carbonyl (C=O) groups excluding carboxylic acids is 1. The number of ether oxygens (including phenoxy) is 1. The van der Waals surface area contributed by atoms with Crippen molar-refractivity contribution in [3.05, 3.63) is 48.0 Å². The molecule has 0 saturated heterocycles. The summed E-state index contributed by atoms with van der Waals surface area (Å²) in [5.41, 5.74) is -0.905. The third kappa shape index (κ3) is 4.50. The Labute approximate surface area is 137 Å². The van der Waals surface area contributed by atoms with Crippen LogP contribution in [0.5, 0.6) is 5.75 Å². The number of para-hydroxylation sites is 1. The molecular weight excluding hydrogens is 323 g/mol. The number of nitrogens with one attached hydrogen (secondary N) is 1. The lowest BCUT2D eigenvalue weighted by Crippen LogP contribution is -2.37. The van der Waals surface area contributed by atoms with Gasteiger partial charge in [0.15, 0.2) is 6.10 Å². The molecule has 0 aliphatic carbocycles. The van der Waals surface area contributed by atoms with Crippen LogP contribution >= 0.6 is 0 Å². The largest absolute Gasteiger partial charge is 0.480 e. The Hall–Kier alpha value is -2.51. The first-order valence-electron chi connectivity index (χ1n) is 7.36. The van der Waals surface area contributed by atoms with E-state index in [1.807, 2.05) is 11.6 Å². The molecule has 1 N–H and O–H groups in total. The summed E-state index contributed by atoms with van der Waals surface area (Å²) in [4.78, 5) is 16.1. The summed E-state index contributed by atoms with van der Waals surface area (Å²) in [6.07, 6.45) is -1.63. The molecule has 1 aromatic heterocycles. The van der Waals surface area contributed by atoms with Gasteiger partial charge < -0.3 is 14.6 Å². The average Bonchev–Trinajstić information content (AvgIpc) is 2.92. The van der Waals surface area contributed by atoms with Crippen LogP contribution < -0.4 is 10.1 Å². The van der Waals surface area contributed by atoms with E-state index in [1.54, 1.807) is 12.4 Å². The normalized spacial score (nSPS) is 12.7. The Morgan fingerprint density at radius 1 is 1.38 bits per heavy atom. The molecule has 0 saturated carbocycles. The average molecular weight is 341 g/mol. The van der Waals surface area contributed by atoms with Gasteiger partial charge in [-0.25, -0.2) is 4.98 Å². The highest BCUT2D eigenvalue weighted by Crippen LogP contribution is 2.36. The summed E-state index contributed by atoms with van der Waals surface area (Å²) in [5, 5.41) is 2.63. The molecule has 1 aromatic carbocycles. The summed E-state index contributed by atoms with van der Waals surface area (Å²) < 4.78 is 45.7. The Bertz CT molecular complexity index is 698. The SMILES string of the molecule is CC(Oc1ccccc1C(F)(F)F)C(=O)NCCc1nccn1C. The van der Waals surface area contributed by atoms with Crippen molar-refractivity contribution >= 4 is 5.91 Å². The van der Waals surface area contributed by atoms with E-state index in [-0.39, 0.29) is 5.75 Å². The molecule has 2 rings (SSSR count). The van der Waals surface area contributed by atoms with E-state index >= 15 is 0 Å². The molecule has 1 atom stereocenters. The standard InChI is InChI=1S/C16H18F3N3O2/c1-11(15(23)21-8-7-14-20-9-10-22(14)2)24-13-6-4-3-5-12(13)16(17,18)19/h3-6,9-11H,7-8H2,1-2H3,(H,21,23).